The normalized spacial score (nSPS) is 17.1. The molecule has 1 rings (SSSR count). The van der Waals surface area contributed by atoms with Crippen molar-refractivity contribution in [3.8, 4) is 0 Å². The minimum Gasteiger partial charge on any atom is -0.383 e. The maximum atomic E-state index is 5.72. The molecule has 0 aromatic carbocycles. The maximum Gasteiger partial charge on any atom is 0.188 e. The van der Waals surface area contributed by atoms with Gasteiger partial charge in [0.2, 0.25) is 0 Å². The number of rotatable bonds is 9. The van der Waals surface area contributed by atoms with Crippen molar-refractivity contribution in [1.29, 1.82) is 0 Å². The van der Waals surface area contributed by atoms with E-state index in [9.17, 15) is 0 Å². The summed E-state index contributed by atoms with van der Waals surface area (Å²) >= 11 is 0. The van der Waals surface area contributed by atoms with E-state index >= 15 is 0 Å². The van der Waals surface area contributed by atoms with E-state index in [1.165, 1.54) is 12.8 Å². The van der Waals surface area contributed by atoms with Gasteiger partial charge in [0.25, 0.3) is 0 Å². The zero-order chi connectivity index (χ0) is 12.5. The number of hydrogen-bond acceptors (Lipinski definition) is 3. The minimum absolute atomic E-state index is 0. The van der Waals surface area contributed by atoms with Crippen molar-refractivity contribution in [2.75, 3.05) is 33.5 Å². The van der Waals surface area contributed by atoms with E-state index in [2.05, 4.69) is 10.3 Å². The van der Waals surface area contributed by atoms with Crippen molar-refractivity contribution in [1.82, 2.24) is 5.32 Å². The molecule has 0 saturated heterocycles. The molecule has 5 nitrogen and oxygen atoms in total. The van der Waals surface area contributed by atoms with Gasteiger partial charge in [-0.3, -0.25) is 4.99 Å². The molecule has 0 bridgehead atoms. The minimum atomic E-state index is 0. The molecule has 18 heavy (non-hydrogen) atoms. The van der Waals surface area contributed by atoms with Gasteiger partial charge < -0.3 is 20.5 Å². The first-order chi connectivity index (χ1) is 8.22. The first kappa shape index (κ1) is 17.9. The number of nitrogens with zero attached hydrogens (tertiary/aromatic N) is 1. The van der Waals surface area contributed by atoms with Crippen LogP contribution in [0.3, 0.4) is 0 Å². The number of methoxy groups -OCH3 is 1. The van der Waals surface area contributed by atoms with E-state index in [4.69, 9.17) is 15.2 Å². The number of halogens is 1. The fourth-order valence-electron chi connectivity index (χ4n) is 1.49. The Kier molecular flexibility index (Phi) is 10.8. The Morgan fingerprint density at radius 3 is 2.83 bits per heavy atom. The van der Waals surface area contributed by atoms with E-state index in [1.807, 2.05) is 6.92 Å². The molecule has 108 valence electrons. The molecule has 0 spiro atoms. The second kappa shape index (κ2) is 10.8. The van der Waals surface area contributed by atoms with Gasteiger partial charge in [0, 0.05) is 32.9 Å². The molecular weight excluding hydrogens is 345 g/mol. The Morgan fingerprint density at radius 1 is 1.50 bits per heavy atom. The lowest BCUT2D eigenvalue weighted by Gasteiger charge is -2.12. The van der Waals surface area contributed by atoms with Gasteiger partial charge in [-0.1, -0.05) is 0 Å². The summed E-state index contributed by atoms with van der Waals surface area (Å²) in [6.07, 6.45) is 3.60. The molecule has 1 unspecified atom stereocenters. The Hall–Kier alpha value is -0.0800. The molecule has 0 aromatic rings. The quantitative estimate of drug-likeness (QED) is 0.278. The van der Waals surface area contributed by atoms with Crippen LogP contribution in [-0.2, 0) is 9.47 Å². The molecule has 1 saturated carbocycles. The van der Waals surface area contributed by atoms with Gasteiger partial charge in [-0.25, -0.2) is 0 Å². The van der Waals surface area contributed by atoms with E-state index in [-0.39, 0.29) is 30.0 Å². The molecular formula is C12H26IN3O2. The van der Waals surface area contributed by atoms with E-state index in [0.29, 0.717) is 19.1 Å². The van der Waals surface area contributed by atoms with E-state index in [1.54, 1.807) is 7.11 Å². The first-order valence-corrected chi connectivity index (χ1v) is 6.35. The number of hydrogen-bond donors (Lipinski definition) is 2. The molecule has 0 aliphatic heterocycles. The third kappa shape index (κ3) is 9.90. The maximum absolute atomic E-state index is 5.72. The summed E-state index contributed by atoms with van der Waals surface area (Å²) < 4.78 is 10.5. The molecule has 1 fully saturated rings. The highest BCUT2D eigenvalue weighted by Crippen LogP contribution is 2.28. The van der Waals surface area contributed by atoms with Crippen molar-refractivity contribution in [3.63, 3.8) is 0 Å². The summed E-state index contributed by atoms with van der Waals surface area (Å²) in [7, 11) is 1.67. The third-order valence-corrected chi connectivity index (χ3v) is 2.59. The largest absolute Gasteiger partial charge is 0.383 e. The molecule has 0 heterocycles. The smallest absolute Gasteiger partial charge is 0.188 e. The lowest BCUT2D eigenvalue weighted by Crippen LogP contribution is -2.40. The van der Waals surface area contributed by atoms with Gasteiger partial charge in [0.1, 0.15) is 0 Å². The van der Waals surface area contributed by atoms with Crippen LogP contribution in [0, 0.1) is 5.92 Å². The summed E-state index contributed by atoms with van der Waals surface area (Å²) in [6.45, 7) is 5.04. The van der Waals surface area contributed by atoms with Crippen LogP contribution in [0.5, 0.6) is 0 Å². The van der Waals surface area contributed by atoms with Gasteiger partial charge in [0.05, 0.1) is 6.61 Å². The molecule has 0 aromatic heterocycles. The van der Waals surface area contributed by atoms with Crippen LogP contribution in [0.2, 0.25) is 0 Å². The lowest BCUT2D eigenvalue weighted by molar-refractivity contribution is 0.123. The van der Waals surface area contributed by atoms with Crippen LogP contribution < -0.4 is 11.1 Å². The molecule has 0 radical (unpaired) electrons. The Bertz CT molecular complexity index is 235. The summed E-state index contributed by atoms with van der Waals surface area (Å²) in [5, 5.41) is 3.06. The third-order valence-electron chi connectivity index (χ3n) is 2.59. The standard InChI is InChI=1S/C12H25N3O2.HI/c1-10(8-16-2)15-12(13)14-6-3-7-17-9-11-4-5-11;/h10-11H,3-9H2,1-2H3,(H3,13,14,15);1H. The zero-order valence-electron chi connectivity index (χ0n) is 11.4. The van der Waals surface area contributed by atoms with Gasteiger partial charge in [-0.15, -0.1) is 24.0 Å². The number of ether oxygens (including phenoxy) is 2. The molecule has 6 heteroatoms. The van der Waals surface area contributed by atoms with Crippen molar-refractivity contribution in [2.45, 2.75) is 32.2 Å². The van der Waals surface area contributed by atoms with Gasteiger partial charge in [0.15, 0.2) is 5.96 Å². The van der Waals surface area contributed by atoms with E-state index in [0.717, 1.165) is 25.6 Å². The second-order valence-electron chi connectivity index (χ2n) is 4.64. The Labute approximate surface area is 127 Å². The van der Waals surface area contributed by atoms with Gasteiger partial charge in [-0.05, 0) is 32.1 Å². The predicted molar refractivity (Wildman–Crippen MR) is 84.5 cm³/mol. The average Bonchev–Trinajstić information content (AvgIpc) is 3.07. The summed E-state index contributed by atoms with van der Waals surface area (Å²) in [5.74, 6) is 1.32. The number of nitrogens with two attached hydrogens (primary N) is 1. The van der Waals surface area contributed by atoms with Crippen molar-refractivity contribution >= 4 is 29.9 Å². The summed E-state index contributed by atoms with van der Waals surface area (Å²) in [6, 6.07) is 0.190. The number of aliphatic imine (C=N–C) groups is 1. The van der Waals surface area contributed by atoms with Crippen LogP contribution in [0.1, 0.15) is 26.2 Å². The first-order valence-electron chi connectivity index (χ1n) is 6.35. The molecule has 3 N–H and O–H groups in total. The van der Waals surface area contributed by atoms with Crippen LogP contribution >= 0.6 is 24.0 Å². The molecule has 0 amide bonds. The highest BCUT2D eigenvalue weighted by Gasteiger charge is 2.20. The van der Waals surface area contributed by atoms with Crippen LogP contribution in [0.15, 0.2) is 4.99 Å². The Balaban J connectivity index is 0.00000289. The van der Waals surface area contributed by atoms with Gasteiger partial charge in [-0.2, -0.15) is 0 Å². The van der Waals surface area contributed by atoms with Crippen molar-refractivity contribution in [3.05, 3.63) is 0 Å². The van der Waals surface area contributed by atoms with Crippen molar-refractivity contribution < 1.29 is 9.47 Å². The number of nitrogens with one attached hydrogen (secondary N) is 1. The molecule has 1 atom stereocenters. The van der Waals surface area contributed by atoms with Gasteiger partial charge >= 0.3 is 0 Å². The van der Waals surface area contributed by atoms with Crippen LogP contribution in [-0.4, -0.2) is 45.5 Å². The fraction of sp³-hybridized carbons (Fsp3) is 0.917. The second-order valence-corrected chi connectivity index (χ2v) is 4.64. The highest BCUT2D eigenvalue weighted by atomic mass is 127. The Morgan fingerprint density at radius 2 is 2.22 bits per heavy atom. The van der Waals surface area contributed by atoms with Crippen molar-refractivity contribution in [2.24, 2.45) is 16.6 Å². The topological polar surface area (TPSA) is 68.9 Å². The predicted octanol–water partition coefficient (Wildman–Crippen LogP) is 1.36. The molecule has 1 aliphatic rings. The average molecular weight is 371 g/mol. The van der Waals surface area contributed by atoms with Crippen LogP contribution in [0.25, 0.3) is 0 Å². The summed E-state index contributed by atoms with van der Waals surface area (Å²) in [5.41, 5.74) is 5.72. The summed E-state index contributed by atoms with van der Waals surface area (Å²) in [4.78, 5) is 4.23. The zero-order valence-corrected chi connectivity index (χ0v) is 13.7. The fourth-order valence-corrected chi connectivity index (χ4v) is 1.49. The highest BCUT2D eigenvalue weighted by molar-refractivity contribution is 14.0. The lowest BCUT2D eigenvalue weighted by atomic mass is 10.4. The van der Waals surface area contributed by atoms with E-state index < -0.39 is 0 Å². The molecule has 1 aliphatic carbocycles. The monoisotopic (exact) mass is 371 g/mol. The SMILES string of the molecule is COCC(C)NC(N)=NCCCOCC1CC1.I. The number of guanidine groups is 1. The van der Waals surface area contributed by atoms with Crippen LogP contribution in [0.4, 0.5) is 0 Å².